The SMILES string of the molecule is CCOc1ccc(NC(=O)/C(C#N)=C\[C@@H]2C(=O)NC(=S)N(c3ccccc3)C2=O)cc1. The normalized spacial score (nSPS) is 16.4. The highest BCUT2D eigenvalue weighted by molar-refractivity contribution is 7.80. The Kier molecular flexibility index (Phi) is 6.74. The van der Waals surface area contributed by atoms with E-state index in [0.717, 1.165) is 11.0 Å². The number of benzene rings is 2. The van der Waals surface area contributed by atoms with Gasteiger partial charge in [0.1, 0.15) is 23.3 Å². The second kappa shape index (κ2) is 9.65. The average Bonchev–Trinajstić information content (AvgIpc) is 2.76. The first-order valence-corrected chi connectivity index (χ1v) is 9.75. The van der Waals surface area contributed by atoms with E-state index in [2.05, 4.69) is 10.6 Å². The van der Waals surface area contributed by atoms with Gasteiger partial charge in [-0.05, 0) is 61.6 Å². The van der Waals surface area contributed by atoms with Gasteiger partial charge in [0, 0.05) is 5.69 Å². The molecule has 2 N–H and O–H groups in total. The summed E-state index contributed by atoms with van der Waals surface area (Å²) in [6.07, 6.45) is 1.04. The molecular weight excluding hydrogens is 416 g/mol. The number of nitriles is 1. The summed E-state index contributed by atoms with van der Waals surface area (Å²) in [5, 5.41) is 14.4. The Hall–Kier alpha value is -4.03. The molecule has 2 aromatic carbocycles. The predicted octanol–water partition coefficient (Wildman–Crippen LogP) is 2.54. The van der Waals surface area contributed by atoms with E-state index in [1.165, 1.54) is 0 Å². The van der Waals surface area contributed by atoms with Crippen molar-refractivity contribution in [2.45, 2.75) is 6.92 Å². The molecule has 0 saturated carbocycles. The van der Waals surface area contributed by atoms with Crippen LogP contribution in [0.25, 0.3) is 0 Å². The van der Waals surface area contributed by atoms with Crippen molar-refractivity contribution in [2.24, 2.45) is 5.92 Å². The van der Waals surface area contributed by atoms with Crippen LogP contribution >= 0.6 is 12.2 Å². The Bertz CT molecular complexity index is 1090. The molecule has 0 aliphatic carbocycles. The van der Waals surface area contributed by atoms with Gasteiger partial charge in [-0.1, -0.05) is 18.2 Å². The number of thiocarbonyl (C=S) groups is 1. The highest BCUT2D eigenvalue weighted by Crippen LogP contribution is 2.22. The van der Waals surface area contributed by atoms with E-state index in [1.54, 1.807) is 60.7 Å². The minimum Gasteiger partial charge on any atom is -0.494 e. The first kappa shape index (κ1) is 21.7. The zero-order valence-corrected chi connectivity index (χ0v) is 17.3. The molecule has 0 aromatic heterocycles. The van der Waals surface area contributed by atoms with Gasteiger partial charge < -0.3 is 15.4 Å². The second-order valence-corrected chi connectivity index (χ2v) is 6.77. The number of nitrogens with zero attached hydrogens (tertiary/aromatic N) is 2. The molecule has 2 aromatic rings. The van der Waals surface area contributed by atoms with Crippen LogP contribution in [0.15, 0.2) is 66.2 Å². The van der Waals surface area contributed by atoms with Crippen molar-refractivity contribution in [3.8, 4) is 11.8 Å². The quantitative estimate of drug-likeness (QED) is 0.313. The number of para-hydroxylation sites is 1. The first-order chi connectivity index (χ1) is 14.9. The van der Waals surface area contributed by atoms with E-state index in [1.807, 2.05) is 6.92 Å². The molecule has 0 radical (unpaired) electrons. The van der Waals surface area contributed by atoms with Crippen LogP contribution in [0.3, 0.4) is 0 Å². The summed E-state index contributed by atoms with van der Waals surface area (Å²) in [7, 11) is 0. The Morgan fingerprint density at radius 1 is 1.23 bits per heavy atom. The maximum atomic E-state index is 13.0. The Labute approximate surface area is 184 Å². The fourth-order valence-electron chi connectivity index (χ4n) is 2.89. The molecule has 0 spiro atoms. The van der Waals surface area contributed by atoms with Crippen LogP contribution in [0.1, 0.15) is 6.92 Å². The van der Waals surface area contributed by atoms with Crippen LogP contribution in [0.4, 0.5) is 11.4 Å². The molecule has 3 amide bonds. The number of anilines is 2. The van der Waals surface area contributed by atoms with Gasteiger partial charge in [-0.3, -0.25) is 19.3 Å². The second-order valence-electron chi connectivity index (χ2n) is 6.38. The van der Waals surface area contributed by atoms with Crippen molar-refractivity contribution >= 4 is 46.4 Å². The lowest BCUT2D eigenvalue weighted by Crippen LogP contribution is -2.57. The summed E-state index contributed by atoms with van der Waals surface area (Å²) in [4.78, 5) is 39.0. The highest BCUT2D eigenvalue weighted by atomic mass is 32.1. The molecule has 8 nitrogen and oxygen atoms in total. The number of rotatable bonds is 6. The summed E-state index contributed by atoms with van der Waals surface area (Å²) >= 11 is 5.12. The molecule has 1 saturated heterocycles. The number of ether oxygens (including phenoxy) is 1. The largest absolute Gasteiger partial charge is 0.494 e. The van der Waals surface area contributed by atoms with Crippen LogP contribution in [0.2, 0.25) is 0 Å². The summed E-state index contributed by atoms with van der Waals surface area (Å²) in [5.74, 6) is -2.84. The number of hydrogen-bond acceptors (Lipinski definition) is 6. The number of amides is 3. The maximum Gasteiger partial charge on any atom is 0.266 e. The summed E-state index contributed by atoms with van der Waals surface area (Å²) < 4.78 is 5.34. The van der Waals surface area contributed by atoms with E-state index in [9.17, 15) is 19.6 Å². The molecule has 1 atom stereocenters. The lowest BCUT2D eigenvalue weighted by molar-refractivity contribution is -0.131. The van der Waals surface area contributed by atoms with Gasteiger partial charge in [0.15, 0.2) is 5.11 Å². The highest BCUT2D eigenvalue weighted by Gasteiger charge is 2.38. The van der Waals surface area contributed by atoms with E-state index >= 15 is 0 Å². The van der Waals surface area contributed by atoms with Crippen molar-refractivity contribution in [1.29, 1.82) is 5.26 Å². The van der Waals surface area contributed by atoms with Gasteiger partial charge in [0.2, 0.25) is 11.8 Å². The Morgan fingerprint density at radius 2 is 1.90 bits per heavy atom. The topological polar surface area (TPSA) is 112 Å². The minimum atomic E-state index is -1.38. The third kappa shape index (κ3) is 4.94. The van der Waals surface area contributed by atoms with Crippen LogP contribution in [0, 0.1) is 17.2 Å². The van der Waals surface area contributed by atoms with Crippen molar-refractivity contribution in [2.75, 3.05) is 16.8 Å². The van der Waals surface area contributed by atoms with Gasteiger partial charge >= 0.3 is 0 Å². The number of carbonyl (C=O) groups is 3. The third-order valence-electron chi connectivity index (χ3n) is 4.34. The number of nitrogens with one attached hydrogen (secondary N) is 2. The summed E-state index contributed by atoms with van der Waals surface area (Å²) in [5.41, 5.74) is 0.526. The van der Waals surface area contributed by atoms with E-state index in [-0.39, 0.29) is 10.7 Å². The summed E-state index contributed by atoms with van der Waals surface area (Å²) in [6.45, 7) is 2.36. The van der Waals surface area contributed by atoms with Crippen LogP contribution in [-0.2, 0) is 14.4 Å². The summed E-state index contributed by atoms with van der Waals surface area (Å²) in [6, 6.07) is 16.9. The fraction of sp³-hybridized carbons (Fsp3) is 0.136. The molecule has 0 unspecified atom stereocenters. The number of hydrogen-bond donors (Lipinski definition) is 2. The molecule has 31 heavy (non-hydrogen) atoms. The molecule has 1 fully saturated rings. The van der Waals surface area contributed by atoms with Gasteiger partial charge in [0.05, 0.1) is 12.3 Å². The maximum absolute atomic E-state index is 13.0. The zero-order chi connectivity index (χ0) is 22.4. The van der Waals surface area contributed by atoms with Gasteiger partial charge in [0.25, 0.3) is 5.91 Å². The lowest BCUT2D eigenvalue weighted by atomic mass is 10.0. The zero-order valence-electron chi connectivity index (χ0n) is 16.5. The minimum absolute atomic E-state index is 0.0665. The van der Waals surface area contributed by atoms with Crippen molar-refractivity contribution in [3.63, 3.8) is 0 Å². The van der Waals surface area contributed by atoms with Crippen molar-refractivity contribution in [1.82, 2.24) is 5.32 Å². The Morgan fingerprint density at radius 3 is 2.52 bits per heavy atom. The smallest absolute Gasteiger partial charge is 0.266 e. The lowest BCUT2D eigenvalue weighted by Gasteiger charge is -2.31. The molecule has 1 aliphatic rings. The molecule has 3 rings (SSSR count). The van der Waals surface area contributed by atoms with Gasteiger partial charge in [-0.15, -0.1) is 0 Å². The van der Waals surface area contributed by atoms with Gasteiger partial charge in [-0.2, -0.15) is 5.26 Å². The van der Waals surface area contributed by atoms with E-state index < -0.39 is 23.6 Å². The van der Waals surface area contributed by atoms with Gasteiger partial charge in [-0.25, -0.2) is 0 Å². The first-order valence-electron chi connectivity index (χ1n) is 9.34. The fourth-order valence-corrected chi connectivity index (χ4v) is 3.18. The van der Waals surface area contributed by atoms with Crippen LogP contribution in [-0.4, -0.2) is 29.4 Å². The molecule has 9 heteroatoms. The van der Waals surface area contributed by atoms with E-state index in [4.69, 9.17) is 17.0 Å². The Balaban J connectivity index is 1.82. The average molecular weight is 434 g/mol. The van der Waals surface area contributed by atoms with Crippen LogP contribution < -0.4 is 20.3 Å². The van der Waals surface area contributed by atoms with E-state index in [0.29, 0.717) is 23.7 Å². The molecule has 156 valence electrons. The molecular formula is C22H18N4O4S. The third-order valence-corrected chi connectivity index (χ3v) is 4.62. The molecule has 1 aliphatic heterocycles. The molecule has 0 bridgehead atoms. The van der Waals surface area contributed by atoms with Crippen molar-refractivity contribution < 1.29 is 19.1 Å². The predicted molar refractivity (Wildman–Crippen MR) is 118 cm³/mol. The number of carbonyl (C=O) groups excluding carboxylic acids is 3. The standard InChI is InChI=1S/C22H18N4O4S/c1-2-30-17-10-8-15(9-11-17)24-19(27)14(13-23)12-18-20(28)25-22(31)26(21(18)29)16-6-4-3-5-7-16/h3-12,18H,2H2,1H3,(H,24,27)(H,25,28,31)/b14-12-/t18-/m1/s1. The van der Waals surface area contributed by atoms with Crippen LogP contribution in [0.5, 0.6) is 5.75 Å². The molecule has 1 heterocycles. The monoisotopic (exact) mass is 434 g/mol. The van der Waals surface area contributed by atoms with Crippen molar-refractivity contribution in [3.05, 3.63) is 66.2 Å².